The van der Waals surface area contributed by atoms with E-state index in [1.807, 2.05) is 0 Å². The zero-order valence-electron chi connectivity index (χ0n) is 4.25. The Kier molecular flexibility index (Phi) is 4.10. The predicted molar refractivity (Wildman–Crippen MR) is 30.5 cm³/mol. The SMILES string of the molecule is C/C=C(\CF)CCl. The maximum atomic E-state index is 11.5. The molecule has 0 unspecified atom stereocenters. The molecule has 0 aliphatic heterocycles. The molecule has 0 fully saturated rings. The second-order valence-corrected chi connectivity index (χ2v) is 1.48. The Hall–Kier alpha value is -0.0400. The van der Waals surface area contributed by atoms with Gasteiger partial charge in [-0.2, -0.15) is 0 Å². The molecule has 0 rings (SSSR count). The van der Waals surface area contributed by atoms with Crippen LogP contribution in [0, 0.1) is 0 Å². The highest BCUT2D eigenvalue weighted by Crippen LogP contribution is 1.96. The first-order valence-electron chi connectivity index (χ1n) is 2.11. The molecular weight excluding hydrogens is 115 g/mol. The molecule has 0 aliphatic rings. The Bertz CT molecular complexity index is 62.5. The van der Waals surface area contributed by atoms with E-state index in [0.717, 1.165) is 0 Å². The van der Waals surface area contributed by atoms with Crippen molar-refractivity contribution in [3.8, 4) is 0 Å². The summed E-state index contributed by atoms with van der Waals surface area (Å²) in [6.07, 6.45) is 1.69. The third-order valence-electron chi connectivity index (χ3n) is 0.752. The van der Waals surface area contributed by atoms with Gasteiger partial charge in [-0.25, -0.2) is 4.39 Å². The van der Waals surface area contributed by atoms with Crippen LogP contribution in [0.1, 0.15) is 6.92 Å². The molecule has 0 aromatic carbocycles. The van der Waals surface area contributed by atoms with E-state index in [1.165, 1.54) is 0 Å². The molecule has 0 spiro atoms. The van der Waals surface area contributed by atoms with E-state index in [-0.39, 0.29) is 0 Å². The van der Waals surface area contributed by atoms with Crippen LogP contribution in [0.3, 0.4) is 0 Å². The quantitative estimate of drug-likeness (QED) is 0.389. The lowest BCUT2D eigenvalue weighted by atomic mass is 10.3. The Balaban J connectivity index is 3.38. The van der Waals surface area contributed by atoms with Crippen molar-refractivity contribution in [1.82, 2.24) is 0 Å². The van der Waals surface area contributed by atoms with Crippen molar-refractivity contribution in [2.75, 3.05) is 12.6 Å². The molecular formula is C5H8ClF. The van der Waals surface area contributed by atoms with E-state index in [1.54, 1.807) is 13.0 Å². The van der Waals surface area contributed by atoms with Gasteiger partial charge < -0.3 is 0 Å². The summed E-state index contributed by atoms with van der Waals surface area (Å²) in [6.45, 7) is 1.36. The molecule has 0 bridgehead atoms. The van der Waals surface area contributed by atoms with Crippen LogP contribution in [0.2, 0.25) is 0 Å². The normalized spacial score (nSPS) is 12.1. The molecule has 0 aliphatic carbocycles. The number of hydrogen-bond donors (Lipinski definition) is 0. The highest BCUT2D eigenvalue weighted by Gasteiger charge is 1.87. The zero-order chi connectivity index (χ0) is 5.70. The Labute approximate surface area is 48.0 Å². The second kappa shape index (κ2) is 4.13. The fraction of sp³-hybridized carbons (Fsp3) is 0.600. The Morgan fingerprint density at radius 3 is 2.43 bits per heavy atom. The standard InChI is InChI=1S/C5H8ClF/c1-2-5(3-6)4-7/h2H,3-4H2,1H3/b5-2-. The monoisotopic (exact) mass is 122 g/mol. The van der Waals surface area contributed by atoms with Crippen LogP contribution in [-0.4, -0.2) is 12.6 Å². The van der Waals surface area contributed by atoms with Gasteiger partial charge in [0.2, 0.25) is 0 Å². The molecule has 0 saturated heterocycles. The van der Waals surface area contributed by atoms with Crippen molar-refractivity contribution >= 4 is 11.6 Å². The number of halogens is 2. The van der Waals surface area contributed by atoms with E-state index in [4.69, 9.17) is 11.6 Å². The van der Waals surface area contributed by atoms with Gasteiger partial charge in [0.1, 0.15) is 6.67 Å². The first-order valence-corrected chi connectivity index (χ1v) is 2.64. The minimum absolute atomic E-state index is 0.312. The van der Waals surface area contributed by atoms with E-state index in [9.17, 15) is 4.39 Å². The molecule has 42 valence electrons. The van der Waals surface area contributed by atoms with Gasteiger partial charge in [-0.15, -0.1) is 11.6 Å². The third-order valence-corrected chi connectivity index (χ3v) is 1.09. The molecule has 0 N–H and O–H groups in total. The molecule has 0 heterocycles. The van der Waals surface area contributed by atoms with Gasteiger partial charge in [0.15, 0.2) is 0 Å². The van der Waals surface area contributed by atoms with E-state index in [2.05, 4.69) is 0 Å². The number of hydrogen-bond acceptors (Lipinski definition) is 0. The fourth-order valence-corrected chi connectivity index (χ4v) is 0.416. The summed E-state index contributed by atoms with van der Waals surface area (Å²) in [5.74, 6) is 0.312. The van der Waals surface area contributed by atoms with Crippen LogP contribution in [0.5, 0.6) is 0 Å². The van der Waals surface area contributed by atoms with Gasteiger partial charge in [-0.1, -0.05) is 6.08 Å². The lowest BCUT2D eigenvalue weighted by Gasteiger charge is -1.88. The minimum atomic E-state index is -0.417. The number of allylic oxidation sites excluding steroid dienone is 2. The van der Waals surface area contributed by atoms with Crippen LogP contribution in [0.25, 0.3) is 0 Å². The maximum Gasteiger partial charge on any atom is 0.112 e. The fourth-order valence-electron chi connectivity index (χ4n) is 0.190. The summed E-state index contributed by atoms with van der Waals surface area (Å²) >= 11 is 5.26. The average Bonchev–Trinajstić information content (AvgIpc) is 1.72. The van der Waals surface area contributed by atoms with Crippen molar-refractivity contribution in [2.45, 2.75) is 6.92 Å². The molecule has 0 nitrogen and oxygen atoms in total. The summed E-state index contributed by atoms with van der Waals surface area (Å²) in [5.41, 5.74) is 0.654. The molecule has 0 aromatic rings. The molecule has 0 amide bonds. The molecule has 0 radical (unpaired) electrons. The lowest BCUT2D eigenvalue weighted by Crippen LogP contribution is -1.83. The molecule has 0 saturated carbocycles. The van der Waals surface area contributed by atoms with Crippen LogP contribution < -0.4 is 0 Å². The average molecular weight is 123 g/mol. The largest absolute Gasteiger partial charge is 0.246 e. The highest BCUT2D eigenvalue weighted by molar-refractivity contribution is 6.19. The van der Waals surface area contributed by atoms with Gasteiger partial charge >= 0.3 is 0 Å². The predicted octanol–water partition coefficient (Wildman–Crippen LogP) is 2.14. The number of alkyl halides is 2. The maximum absolute atomic E-state index is 11.5. The van der Waals surface area contributed by atoms with Crippen molar-refractivity contribution < 1.29 is 4.39 Å². The van der Waals surface area contributed by atoms with Crippen LogP contribution in [0.4, 0.5) is 4.39 Å². The molecule has 7 heavy (non-hydrogen) atoms. The van der Waals surface area contributed by atoms with Gasteiger partial charge in [0.05, 0.1) is 0 Å². The van der Waals surface area contributed by atoms with E-state index >= 15 is 0 Å². The highest BCUT2D eigenvalue weighted by atomic mass is 35.5. The summed E-state index contributed by atoms with van der Waals surface area (Å²) in [4.78, 5) is 0. The first kappa shape index (κ1) is 6.96. The van der Waals surface area contributed by atoms with Crippen molar-refractivity contribution in [2.24, 2.45) is 0 Å². The Morgan fingerprint density at radius 1 is 1.86 bits per heavy atom. The van der Waals surface area contributed by atoms with Crippen molar-refractivity contribution in [1.29, 1.82) is 0 Å². The van der Waals surface area contributed by atoms with Gasteiger partial charge in [-0.05, 0) is 12.5 Å². The van der Waals surface area contributed by atoms with Crippen molar-refractivity contribution in [3.63, 3.8) is 0 Å². The summed E-state index contributed by atoms with van der Waals surface area (Å²) in [5, 5.41) is 0. The second-order valence-electron chi connectivity index (χ2n) is 1.21. The lowest BCUT2D eigenvalue weighted by molar-refractivity contribution is 0.543. The molecule has 2 heteroatoms. The summed E-state index contributed by atoms with van der Waals surface area (Å²) in [7, 11) is 0. The Morgan fingerprint density at radius 2 is 2.43 bits per heavy atom. The summed E-state index contributed by atoms with van der Waals surface area (Å²) in [6, 6.07) is 0. The zero-order valence-corrected chi connectivity index (χ0v) is 5.00. The third kappa shape index (κ3) is 2.63. The van der Waals surface area contributed by atoms with E-state index in [0.29, 0.717) is 11.5 Å². The smallest absolute Gasteiger partial charge is 0.112 e. The molecule has 0 atom stereocenters. The number of rotatable bonds is 2. The van der Waals surface area contributed by atoms with E-state index < -0.39 is 6.67 Å². The van der Waals surface area contributed by atoms with Crippen LogP contribution in [-0.2, 0) is 0 Å². The topological polar surface area (TPSA) is 0 Å². The van der Waals surface area contributed by atoms with Crippen LogP contribution >= 0.6 is 11.6 Å². The van der Waals surface area contributed by atoms with Gasteiger partial charge in [0, 0.05) is 5.88 Å². The minimum Gasteiger partial charge on any atom is -0.246 e. The van der Waals surface area contributed by atoms with Crippen LogP contribution in [0.15, 0.2) is 11.6 Å². The molecule has 0 aromatic heterocycles. The van der Waals surface area contributed by atoms with Gasteiger partial charge in [-0.3, -0.25) is 0 Å². The summed E-state index contributed by atoms with van der Waals surface area (Å²) < 4.78 is 11.5. The first-order chi connectivity index (χ1) is 3.35. The van der Waals surface area contributed by atoms with Gasteiger partial charge in [0.25, 0.3) is 0 Å². The van der Waals surface area contributed by atoms with Crippen molar-refractivity contribution in [3.05, 3.63) is 11.6 Å².